The Bertz CT molecular complexity index is 2410. The van der Waals surface area contributed by atoms with Crippen molar-refractivity contribution < 1.29 is 4.42 Å². The molecule has 0 saturated carbocycles. The number of nitrogens with zero attached hydrogens (tertiary/aromatic N) is 1. The lowest BCUT2D eigenvalue weighted by Crippen LogP contribution is -1.92. The standard InChI is InChI=1S/C38H23NOS/c1-2-9-27(10-3-1)39-32-14-6-4-11-29(32)38-37(39)31-23-26(21-22-33(31)40-38)24-17-19-25(20-18-24)28-13-8-16-35-36(28)30-12-5-7-15-34(30)41-35/h1-23H. The van der Waals surface area contributed by atoms with Gasteiger partial charge >= 0.3 is 0 Å². The number of benzene rings is 6. The first-order valence-corrected chi connectivity index (χ1v) is 14.7. The van der Waals surface area contributed by atoms with Gasteiger partial charge in [-0.05, 0) is 70.8 Å². The SMILES string of the molecule is c1ccc(-n2c3ccccc3c3oc4ccc(-c5ccc(-c6cccc7sc8ccccc8c67)cc5)cc4c32)cc1. The molecule has 0 unspecified atom stereocenters. The first kappa shape index (κ1) is 22.7. The molecule has 0 fully saturated rings. The topological polar surface area (TPSA) is 18.1 Å². The molecule has 9 rings (SSSR count). The molecule has 0 spiro atoms. The highest BCUT2D eigenvalue weighted by Crippen LogP contribution is 2.42. The summed E-state index contributed by atoms with van der Waals surface area (Å²) < 4.78 is 11.5. The maximum absolute atomic E-state index is 6.48. The van der Waals surface area contributed by atoms with Crippen LogP contribution in [0.3, 0.4) is 0 Å². The van der Waals surface area contributed by atoms with Crippen LogP contribution in [0.15, 0.2) is 144 Å². The molecule has 0 N–H and O–H groups in total. The van der Waals surface area contributed by atoms with Crippen molar-refractivity contribution in [3.63, 3.8) is 0 Å². The molecule has 0 radical (unpaired) electrons. The average Bonchev–Trinajstić information content (AvgIpc) is 3.70. The quantitative estimate of drug-likeness (QED) is 0.217. The van der Waals surface area contributed by atoms with Gasteiger partial charge in [-0.2, -0.15) is 0 Å². The van der Waals surface area contributed by atoms with Gasteiger partial charge in [0, 0.05) is 36.6 Å². The van der Waals surface area contributed by atoms with Gasteiger partial charge in [-0.15, -0.1) is 11.3 Å². The highest BCUT2D eigenvalue weighted by molar-refractivity contribution is 7.25. The average molecular weight is 542 g/mol. The molecule has 0 saturated heterocycles. The third-order valence-corrected chi connectivity index (χ3v) is 9.36. The van der Waals surface area contributed by atoms with Crippen LogP contribution in [0.2, 0.25) is 0 Å². The van der Waals surface area contributed by atoms with Gasteiger partial charge in [0.25, 0.3) is 0 Å². The third kappa shape index (κ3) is 3.36. The predicted molar refractivity (Wildman–Crippen MR) is 174 cm³/mol. The summed E-state index contributed by atoms with van der Waals surface area (Å²) >= 11 is 1.86. The van der Waals surface area contributed by atoms with Crippen LogP contribution in [0.4, 0.5) is 0 Å². The number of furan rings is 1. The maximum atomic E-state index is 6.48. The summed E-state index contributed by atoms with van der Waals surface area (Å²) in [5.74, 6) is 0. The van der Waals surface area contributed by atoms with Gasteiger partial charge in [0.15, 0.2) is 5.58 Å². The van der Waals surface area contributed by atoms with Crippen molar-refractivity contribution in [2.45, 2.75) is 0 Å². The fraction of sp³-hybridized carbons (Fsp3) is 0. The van der Waals surface area contributed by atoms with Crippen LogP contribution in [-0.4, -0.2) is 4.57 Å². The Morgan fingerprint density at radius 3 is 2.10 bits per heavy atom. The molecule has 3 aromatic heterocycles. The van der Waals surface area contributed by atoms with E-state index in [0.717, 1.165) is 38.7 Å². The van der Waals surface area contributed by atoms with Crippen LogP contribution >= 0.6 is 11.3 Å². The number of aromatic nitrogens is 1. The highest BCUT2D eigenvalue weighted by Gasteiger charge is 2.19. The maximum Gasteiger partial charge on any atom is 0.161 e. The monoisotopic (exact) mass is 541 g/mol. The number of rotatable bonds is 3. The molecular weight excluding hydrogens is 518 g/mol. The van der Waals surface area contributed by atoms with Gasteiger partial charge in [-0.3, -0.25) is 0 Å². The second-order valence-electron chi connectivity index (χ2n) is 10.5. The van der Waals surface area contributed by atoms with Crippen molar-refractivity contribution in [1.29, 1.82) is 0 Å². The molecule has 192 valence electrons. The normalized spacial score (nSPS) is 11.9. The molecule has 3 heteroatoms. The van der Waals surface area contributed by atoms with Crippen LogP contribution in [-0.2, 0) is 0 Å². The number of fused-ring (bicyclic) bond motifs is 8. The lowest BCUT2D eigenvalue weighted by molar-refractivity contribution is 0.673. The van der Waals surface area contributed by atoms with Crippen LogP contribution < -0.4 is 0 Å². The van der Waals surface area contributed by atoms with E-state index in [4.69, 9.17) is 4.42 Å². The Labute approximate surface area is 240 Å². The minimum Gasteiger partial charge on any atom is -0.454 e. The van der Waals surface area contributed by atoms with E-state index in [1.165, 1.54) is 42.4 Å². The van der Waals surface area contributed by atoms with Gasteiger partial charge in [-0.1, -0.05) is 91.0 Å². The largest absolute Gasteiger partial charge is 0.454 e. The zero-order chi connectivity index (χ0) is 26.9. The third-order valence-electron chi connectivity index (χ3n) is 8.22. The summed E-state index contributed by atoms with van der Waals surface area (Å²) in [5, 5.41) is 4.92. The van der Waals surface area contributed by atoms with E-state index in [1.54, 1.807) is 0 Å². The van der Waals surface area contributed by atoms with E-state index in [2.05, 4.69) is 144 Å². The number of thiophene rings is 1. The Kier molecular flexibility index (Phi) is 4.80. The molecule has 0 aliphatic carbocycles. The van der Waals surface area contributed by atoms with Crippen LogP contribution in [0.5, 0.6) is 0 Å². The van der Waals surface area contributed by atoms with E-state index >= 15 is 0 Å². The van der Waals surface area contributed by atoms with Crippen molar-refractivity contribution in [1.82, 2.24) is 4.57 Å². The van der Waals surface area contributed by atoms with Gasteiger partial charge in [0.1, 0.15) is 11.1 Å². The summed E-state index contributed by atoms with van der Waals surface area (Å²) in [7, 11) is 0. The predicted octanol–water partition coefficient (Wildman–Crippen LogP) is 11.2. The highest BCUT2D eigenvalue weighted by atomic mass is 32.1. The van der Waals surface area contributed by atoms with E-state index < -0.39 is 0 Å². The fourth-order valence-corrected chi connectivity index (χ4v) is 7.48. The number of hydrogen-bond donors (Lipinski definition) is 0. The summed E-state index contributed by atoms with van der Waals surface area (Å²) in [6.45, 7) is 0. The van der Waals surface area contributed by atoms with Gasteiger partial charge in [-0.25, -0.2) is 0 Å². The molecule has 0 bridgehead atoms. The van der Waals surface area contributed by atoms with E-state index in [1.807, 2.05) is 11.3 Å². The lowest BCUT2D eigenvalue weighted by Gasteiger charge is -2.09. The number of hydrogen-bond acceptors (Lipinski definition) is 2. The first-order valence-electron chi connectivity index (χ1n) is 13.9. The fourth-order valence-electron chi connectivity index (χ4n) is 6.35. The molecule has 2 nitrogen and oxygen atoms in total. The van der Waals surface area contributed by atoms with Crippen molar-refractivity contribution in [2.24, 2.45) is 0 Å². The summed E-state index contributed by atoms with van der Waals surface area (Å²) in [6, 6.07) is 50.0. The first-order chi connectivity index (χ1) is 20.3. The Morgan fingerprint density at radius 2 is 1.22 bits per heavy atom. The van der Waals surface area contributed by atoms with Crippen LogP contribution in [0, 0.1) is 0 Å². The molecule has 0 amide bonds. The minimum atomic E-state index is 0.904. The molecule has 9 aromatic rings. The van der Waals surface area contributed by atoms with Crippen molar-refractivity contribution in [3.8, 4) is 27.9 Å². The Balaban J connectivity index is 1.21. The molecule has 0 aliphatic rings. The van der Waals surface area contributed by atoms with E-state index in [0.29, 0.717) is 0 Å². The lowest BCUT2D eigenvalue weighted by atomic mass is 9.96. The van der Waals surface area contributed by atoms with Gasteiger partial charge < -0.3 is 8.98 Å². The van der Waals surface area contributed by atoms with Gasteiger partial charge in [0.2, 0.25) is 0 Å². The molecule has 0 atom stereocenters. The molecule has 6 aromatic carbocycles. The molecule has 0 aliphatic heterocycles. The summed E-state index contributed by atoms with van der Waals surface area (Å²) in [6.07, 6.45) is 0. The van der Waals surface area contributed by atoms with E-state index in [-0.39, 0.29) is 0 Å². The summed E-state index contributed by atoms with van der Waals surface area (Å²) in [5.41, 5.74) is 10.1. The van der Waals surface area contributed by atoms with Crippen LogP contribution in [0.25, 0.3) is 81.1 Å². The second-order valence-corrected chi connectivity index (χ2v) is 11.6. The second kappa shape index (κ2) is 8.69. The zero-order valence-electron chi connectivity index (χ0n) is 22.0. The van der Waals surface area contributed by atoms with E-state index in [9.17, 15) is 0 Å². The number of para-hydroxylation sites is 2. The summed E-state index contributed by atoms with van der Waals surface area (Å²) in [4.78, 5) is 0. The smallest absolute Gasteiger partial charge is 0.161 e. The molecular formula is C38H23NOS. The Morgan fingerprint density at radius 1 is 0.512 bits per heavy atom. The molecule has 41 heavy (non-hydrogen) atoms. The van der Waals surface area contributed by atoms with Crippen molar-refractivity contribution >= 4 is 64.5 Å². The Hall–Kier alpha value is -5.12. The van der Waals surface area contributed by atoms with Crippen molar-refractivity contribution in [2.75, 3.05) is 0 Å². The molecule has 3 heterocycles. The minimum absolute atomic E-state index is 0.904. The van der Waals surface area contributed by atoms with Crippen LogP contribution in [0.1, 0.15) is 0 Å². The zero-order valence-corrected chi connectivity index (χ0v) is 22.9. The van der Waals surface area contributed by atoms with Crippen molar-refractivity contribution in [3.05, 3.63) is 140 Å². The van der Waals surface area contributed by atoms with Gasteiger partial charge in [0.05, 0.1) is 5.52 Å².